The Morgan fingerprint density at radius 2 is 1.86 bits per heavy atom. The fraction of sp³-hybridized carbons (Fsp3) is 0.462. The number of ether oxygens (including phenoxy) is 1. The van der Waals surface area contributed by atoms with E-state index in [0.717, 1.165) is 6.42 Å². The summed E-state index contributed by atoms with van der Waals surface area (Å²) >= 11 is 0. The maximum atomic E-state index is 12.0. The number of nitrogens with one attached hydrogen (secondary N) is 1. The molecule has 0 radical (unpaired) electrons. The first-order valence-electron chi connectivity index (χ1n) is 6.19. The van der Waals surface area contributed by atoms with Gasteiger partial charge in [-0.25, -0.2) is 0 Å². The van der Waals surface area contributed by atoms with E-state index < -0.39 is 6.36 Å². The monoisotopic (exact) mass is 417 g/mol. The number of nitrogens with zero attached hydrogens (tertiary/aromatic N) is 1. The van der Waals surface area contributed by atoms with Crippen LogP contribution in [0.3, 0.4) is 0 Å². The van der Waals surface area contributed by atoms with Crippen molar-refractivity contribution in [3.63, 3.8) is 0 Å². The SMILES string of the molecule is CC(C)CCN=C(N)Nc1ccc(OC(F)(F)F)cc1.I. The van der Waals surface area contributed by atoms with Gasteiger partial charge < -0.3 is 15.8 Å². The van der Waals surface area contributed by atoms with Gasteiger partial charge in [-0.15, -0.1) is 37.1 Å². The lowest BCUT2D eigenvalue weighted by molar-refractivity contribution is -0.274. The van der Waals surface area contributed by atoms with E-state index in [1.54, 1.807) is 0 Å². The molecule has 4 nitrogen and oxygen atoms in total. The largest absolute Gasteiger partial charge is 0.573 e. The molecule has 0 aliphatic carbocycles. The number of nitrogens with two attached hydrogens (primary N) is 1. The molecule has 1 aromatic carbocycles. The highest BCUT2D eigenvalue weighted by Crippen LogP contribution is 2.23. The summed E-state index contributed by atoms with van der Waals surface area (Å²) in [6, 6.07) is 5.28. The van der Waals surface area contributed by atoms with Crippen LogP contribution in [0, 0.1) is 5.92 Å². The third-order valence-corrected chi connectivity index (χ3v) is 2.35. The zero-order chi connectivity index (χ0) is 15.2. The van der Waals surface area contributed by atoms with Crippen molar-refractivity contribution < 1.29 is 17.9 Å². The molecule has 1 aromatic rings. The van der Waals surface area contributed by atoms with Crippen molar-refractivity contribution in [2.24, 2.45) is 16.6 Å². The Balaban J connectivity index is 0.00000400. The Kier molecular flexibility index (Phi) is 8.45. The van der Waals surface area contributed by atoms with E-state index in [1.165, 1.54) is 24.3 Å². The summed E-state index contributed by atoms with van der Waals surface area (Å²) in [4.78, 5) is 4.11. The summed E-state index contributed by atoms with van der Waals surface area (Å²) in [5.41, 5.74) is 6.21. The highest BCUT2D eigenvalue weighted by molar-refractivity contribution is 14.0. The van der Waals surface area contributed by atoms with Crippen LogP contribution in [0.15, 0.2) is 29.3 Å². The first kappa shape index (κ1) is 19.8. The van der Waals surface area contributed by atoms with Crippen LogP contribution in [-0.2, 0) is 0 Å². The minimum absolute atomic E-state index is 0. The number of aliphatic imine (C=N–C) groups is 1. The van der Waals surface area contributed by atoms with Gasteiger partial charge in [0.2, 0.25) is 0 Å². The van der Waals surface area contributed by atoms with Gasteiger partial charge in [0, 0.05) is 12.2 Å². The van der Waals surface area contributed by atoms with Crippen LogP contribution in [0.5, 0.6) is 5.75 Å². The molecule has 0 fully saturated rings. The van der Waals surface area contributed by atoms with Crippen LogP contribution in [0.1, 0.15) is 20.3 Å². The second kappa shape index (κ2) is 8.96. The average Bonchev–Trinajstić information content (AvgIpc) is 2.29. The first-order chi connectivity index (χ1) is 9.26. The van der Waals surface area contributed by atoms with Crippen molar-refractivity contribution in [1.82, 2.24) is 0 Å². The van der Waals surface area contributed by atoms with Gasteiger partial charge in [0.15, 0.2) is 5.96 Å². The van der Waals surface area contributed by atoms with Crippen molar-refractivity contribution in [2.45, 2.75) is 26.6 Å². The molecule has 8 heteroatoms. The quantitative estimate of drug-likeness (QED) is 0.433. The van der Waals surface area contributed by atoms with E-state index in [0.29, 0.717) is 18.2 Å². The van der Waals surface area contributed by atoms with Crippen LogP contribution < -0.4 is 15.8 Å². The van der Waals surface area contributed by atoms with Gasteiger partial charge in [0.1, 0.15) is 5.75 Å². The number of guanidine groups is 1. The Morgan fingerprint density at radius 1 is 1.29 bits per heavy atom. The predicted octanol–water partition coefficient (Wildman–Crippen LogP) is 3.98. The molecule has 0 aromatic heterocycles. The van der Waals surface area contributed by atoms with Gasteiger partial charge >= 0.3 is 6.36 Å². The van der Waals surface area contributed by atoms with Crippen LogP contribution >= 0.6 is 24.0 Å². The second-order valence-electron chi connectivity index (χ2n) is 4.65. The molecule has 0 heterocycles. The summed E-state index contributed by atoms with van der Waals surface area (Å²) in [7, 11) is 0. The summed E-state index contributed by atoms with van der Waals surface area (Å²) in [5.74, 6) is 0.485. The first-order valence-corrected chi connectivity index (χ1v) is 6.19. The van der Waals surface area contributed by atoms with Crippen molar-refractivity contribution in [3.05, 3.63) is 24.3 Å². The molecule has 0 saturated heterocycles. The van der Waals surface area contributed by atoms with Gasteiger partial charge in [0.25, 0.3) is 0 Å². The molecule has 0 amide bonds. The molecule has 1 rings (SSSR count). The highest BCUT2D eigenvalue weighted by atomic mass is 127. The Morgan fingerprint density at radius 3 is 2.33 bits per heavy atom. The minimum atomic E-state index is -4.69. The van der Waals surface area contributed by atoms with Crippen LogP contribution in [0.2, 0.25) is 0 Å². The Hall–Kier alpha value is -1.19. The number of rotatable bonds is 5. The van der Waals surface area contributed by atoms with Gasteiger partial charge in [-0.2, -0.15) is 0 Å². The molecule has 0 aliphatic heterocycles. The van der Waals surface area contributed by atoms with E-state index in [-0.39, 0.29) is 35.7 Å². The summed E-state index contributed by atoms with van der Waals surface area (Å²) in [6.07, 6.45) is -3.77. The molecule has 0 atom stereocenters. The van der Waals surface area contributed by atoms with Gasteiger partial charge in [0.05, 0.1) is 0 Å². The number of alkyl halides is 3. The molecular weight excluding hydrogens is 398 g/mol. The van der Waals surface area contributed by atoms with Gasteiger partial charge in [-0.3, -0.25) is 4.99 Å². The maximum Gasteiger partial charge on any atom is 0.573 e. The topological polar surface area (TPSA) is 59.6 Å². The normalized spacial score (nSPS) is 12.0. The molecule has 21 heavy (non-hydrogen) atoms. The molecule has 0 aliphatic rings. The molecule has 0 saturated carbocycles. The number of benzene rings is 1. The fourth-order valence-electron chi connectivity index (χ4n) is 1.37. The number of anilines is 1. The lowest BCUT2D eigenvalue weighted by atomic mass is 10.1. The number of hydrogen-bond acceptors (Lipinski definition) is 2. The van der Waals surface area contributed by atoms with Crippen molar-refractivity contribution in [2.75, 3.05) is 11.9 Å². The van der Waals surface area contributed by atoms with E-state index in [4.69, 9.17) is 5.73 Å². The molecule has 120 valence electrons. The lowest BCUT2D eigenvalue weighted by Gasteiger charge is -2.10. The van der Waals surface area contributed by atoms with Crippen molar-refractivity contribution in [3.8, 4) is 5.75 Å². The molecule has 0 unspecified atom stereocenters. The van der Waals surface area contributed by atoms with Crippen LogP contribution in [0.25, 0.3) is 0 Å². The Labute approximate surface area is 139 Å². The van der Waals surface area contributed by atoms with Gasteiger partial charge in [-0.05, 0) is 36.6 Å². The van der Waals surface area contributed by atoms with Crippen LogP contribution in [0.4, 0.5) is 18.9 Å². The van der Waals surface area contributed by atoms with Crippen LogP contribution in [-0.4, -0.2) is 18.9 Å². The summed E-state index contributed by atoms with van der Waals surface area (Å²) < 4.78 is 39.7. The average molecular weight is 417 g/mol. The van der Waals surface area contributed by atoms with Gasteiger partial charge in [-0.1, -0.05) is 13.8 Å². The van der Waals surface area contributed by atoms with Crippen molar-refractivity contribution >= 4 is 35.6 Å². The molecular formula is C13H19F3IN3O. The van der Waals surface area contributed by atoms with Crippen molar-refractivity contribution in [1.29, 1.82) is 0 Å². The second-order valence-corrected chi connectivity index (χ2v) is 4.65. The number of halogens is 4. The Bertz CT molecular complexity index is 447. The molecule has 0 bridgehead atoms. The molecule has 3 N–H and O–H groups in total. The standard InChI is InChI=1S/C13H18F3N3O.HI/c1-9(2)7-8-18-12(17)19-10-3-5-11(6-4-10)20-13(14,15)16;/h3-6,9H,7-8H2,1-2H3,(H3,17,18,19);1H. The van der Waals surface area contributed by atoms with E-state index in [9.17, 15) is 13.2 Å². The summed E-state index contributed by atoms with van der Waals surface area (Å²) in [5, 5.41) is 2.80. The zero-order valence-corrected chi connectivity index (χ0v) is 14.1. The van der Waals surface area contributed by atoms with E-state index >= 15 is 0 Å². The third-order valence-electron chi connectivity index (χ3n) is 2.35. The minimum Gasteiger partial charge on any atom is -0.406 e. The lowest BCUT2D eigenvalue weighted by Crippen LogP contribution is -2.23. The smallest absolute Gasteiger partial charge is 0.406 e. The zero-order valence-electron chi connectivity index (χ0n) is 11.8. The predicted molar refractivity (Wildman–Crippen MR) is 88.1 cm³/mol. The maximum absolute atomic E-state index is 12.0. The third kappa shape index (κ3) is 9.38. The number of hydrogen-bond donors (Lipinski definition) is 2. The van der Waals surface area contributed by atoms with E-state index in [2.05, 4.69) is 28.9 Å². The van der Waals surface area contributed by atoms with E-state index in [1.807, 2.05) is 0 Å². The molecule has 0 spiro atoms. The fourth-order valence-corrected chi connectivity index (χ4v) is 1.37. The summed E-state index contributed by atoms with van der Waals surface area (Å²) in [6.45, 7) is 4.77. The highest BCUT2D eigenvalue weighted by Gasteiger charge is 2.30.